The highest BCUT2D eigenvalue weighted by molar-refractivity contribution is 7.89. The predicted molar refractivity (Wildman–Crippen MR) is 70.5 cm³/mol. The van der Waals surface area contributed by atoms with Crippen LogP contribution in [0.3, 0.4) is 0 Å². The molecule has 1 aromatic heterocycles. The average Bonchev–Trinajstić information content (AvgIpc) is 2.38. The fourth-order valence-electron chi connectivity index (χ4n) is 1.39. The molecule has 1 heterocycles. The van der Waals surface area contributed by atoms with Crippen molar-refractivity contribution in [3.63, 3.8) is 0 Å². The summed E-state index contributed by atoms with van der Waals surface area (Å²) in [4.78, 5) is 15.1. The molecule has 1 atom stereocenters. The van der Waals surface area contributed by atoms with Gasteiger partial charge in [-0.1, -0.05) is 0 Å². The minimum atomic E-state index is -3.88. The van der Waals surface area contributed by atoms with Gasteiger partial charge in [-0.3, -0.25) is 15.6 Å². The van der Waals surface area contributed by atoms with Crippen LogP contribution in [0.25, 0.3) is 0 Å². The molecule has 1 rings (SSSR count). The van der Waals surface area contributed by atoms with Crippen LogP contribution in [0, 0.1) is 0 Å². The number of rotatable bonds is 6. The third-order valence-electron chi connectivity index (χ3n) is 2.31. The summed E-state index contributed by atoms with van der Waals surface area (Å²) in [5.74, 6) is 4.83. The van der Waals surface area contributed by atoms with Crippen LogP contribution in [0.4, 0.5) is 5.69 Å². The van der Waals surface area contributed by atoms with Gasteiger partial charge in [-0.05, 0) is 19.9 Å². The van der Waals surface area contributed by atoms with Gasteiger partial charge in [-0.15, -0.1) is 0 Å². The van der Waals surface area contributed by atoms with Crippen molar-refractivity contribution < 1.29 is 13.2 Å². The van der Waals surface area contributed by atoms with E-state index < -0.39 is 22.0 Å². The molecular formula is C10H17N5O3S. The second kappa shape index (κ2) is 6.45. The molecule has 0 radical (unpaired) electrons. The second-order valence-corrected chi connectivity index (χ2v) is 5.44. The van der Waals surface area contributed by atoms with Crippen molar-refractivity contribution in [1.29, 1.82) is 0 Å². The van der Waals surface area contributed by atoms with Crippen LogP contribution in [0.15, 0.2) is 23.4 Å². The summed E-state index contributed by atoms with van der Waals surface area (Å²) in [7, 11) is -3.88. The van der Waals surface area contributed by atoms with E-state index in [1.807, 2.05) is 0 Å². The Morgan fingerprint density at radius 2 is 2.21 bits per heavy atom. The molecule has 0 aliphatic heterocycles. The molecule has 5 N–H and O–H groups in total. The third-order valence-corrected chi connectivity index (χ3v) is 3.87. The Morgan fingerprint density at radius 3 is 2.79 bits per heavy atom. The smallest absolute Gasteiger partial charge is 0.244 e. The van der Waals surface area contributed by atoms with Gasteiger partial charge in [0.1, 0.15) is 4.90 Å². The minimum Gasteiger partial charge on any atom is -0.355 e. The van der Waals surface area contributed by atoms with E-state index in [9.17, 15) is 13.2 Å². The van der Waals surface area contributed by atoms with E-state index in [2.05, 4.69) is 20.4 Å². The molecule has 0 bridgehead atoms. The van der Waals surface area contributed by atoms with Gasteiger partial charge in [0.15, 0.2) is 0 Å². The van der Waals surface area contributed by atoms with Gasteiger partial charge in [0, 0.05) is 18.9 Å². The van der Waals surface area contributed by atoms with Crippen LogP contribution < -0.4 is 21.3 Å². The number of carbonyl (C=O) groups is 1. The zero-order valence-corrected chi connectivity index (χ0v) is 11.5. The maximum absolute atomic E-state index is 12.1. The molecule has 1 unspecified atom stereocenters. The van der Waals surface area contributed by atoms with Gasteiger partial charge in [0.05, 0.1) is 11.7 Å². The number of pyridine rings is 1. The van der Waals surface area contributed by atoms with E-state index in [-0.39, 0.29) is 10.6 Å². The summed E-state index contributed by atoms with van der Waals surface area (Å²) in [6.45, 7) is 3.62. The molecule has 0 fully saturated rings. The van der Waals surface area contributed by atoms with Gasteiger partial charge >= 0.3 is 0 Å². The standard InChI is InChI=1S/C10H17N5O3S/c1-3-13-10(16)7(2)15-19(17,18)9-6-12-5-4-8(9)14-11/h4-7,15H,3,11H2,1-2H3,(H,12,14)(H,13,16). The zero-order chi connectivity index (χ0) is 14.5. The Bertz CT molecular complexity index is 546. The van der Waals surface area contributed by atoms with Crippen LogP contribution in [0.2, 0.25) is 0 Å². The summed E-state index contributed by atoms with van der Waals surface area (Å²) in [5, 5.41) is 2.53. The van der Waals surface area contributed by atoms with Crippen LogP contribution in [-0.4, -0.2) is 31.9 Å². The first-order valence-corrected chi connectivity index (χ1v) is 7.11. The Balaban J connectivity index is 2.96. The number of nitrogens with zero attached hydrogens (tertiary/aromatic N) is 1. The molecule has 0 spiro atoms. The van der Waals surface area contributed by atoms with Crippen molar-refractivity contribution in [2.24, 2.45) is 5.84 Å². The quantitative estimate of drug-likeness (QED) is 0.399. The normalized spacial score (nSPS) is 12.8. The van der Waals surface area contributed by atoms with Crippen molar-refractivity contribution >= 4 is 21.6 Å². The number of hydrogen-bond acceptors (Lipinski definition) is 6. The average molecular weight is 287 g/mol. The molecule has 0 aliphatic carbocycles. The molecule has 0 saturated heterocycles. The monoisotopic (exact) mass is 287 g/mol. The van der Waals surface area contributed by atoms with E-state index in [0.717, 1.165) is 6.20 Å². The first-order valence-electron chi connectivity index (χ1n) is 5.63. The van der Waals surface area contributed by atoms with Gasteiger partial charge in [-0.25, -0.2) is 8.42 Å². The highest BCUT2D eigenvalue weighted by atomic mass is 32.2. The predicted octanol–water partition coefficient (Wildman–Crippen LogP) is -0.830. The number of nitrogen functional groups attached to an aromatic ring is 1. The Hall–Kier alpha value is -1.71. The number of aromatic nitrogens is 1. The third kappa shape index (κ3) is 3.88. The highest BCUT2D eigenvalue weighted by Gasteiger charge is 2.24. The fraction of sp³-hybridized carbons (Fsp3) is 0.400. The van der Waals surface area contributed by atoms with Crippen molar-refractivity contribution in [2.75, 3.05) is 12.0 Å². The van der Waals surface area contributed by atoms with E-state index in [4.69, 9.17) is 5.84 Å². The topological polar surface area (TPSA) is 126 Å². The maximum Gasteiger partial charge on any atom is 0.244 e. The number of nitrogens with two attached hydrogens (primary N) is 1. The van der Waals surface area contributed by atoms with Crippen LogP contribution in [0.5, 0.6) is 0 Å². The zero-order valence-electron chi connectivity index (χ0n) is 10.7. The number of hydrogen-bond donors (Lipinski definition) is 4. The molecule has 1 aromatic rings. The summed E-state index contributed by atoms with van der Waals surface area (Å²) < 4.78 is 26.5. The van der Waals surface area contributed by atoms with E-state index in [1.165, 1.54) is 19.2 Å². The SMILES string of the molecule is CCNC(=O)C(C)NS(=O)(=O)c1cnccc1NN. The summed E-state index contributed by atoms with van der Waals surface area (Å²) in [6.07, 6.45) is 2.56. The Kier molecular flexibility index (Phi) is 5.21. The Labute approximate surface area is 111 Å². The first kappa shape index (κ1) is 15.3. The molecule has 19 heavy (non-hydrogen) atoms. The van der Waals surface area contributed by atoms with Crippen molar-refractivity contribution in [1.82, 2.24) is 15.0 Å². The van der Waals surface area contributed by atoms with Gasteiger partial charge < -0.3 is 10.7 Å². The molecule has 0 aliphatic rings. The molecule has 0 saturated carbocycles. The summed E-state index contributed by atoms with van der Waals surface area (Å²) >= 11 is 0. The molecule has 0 aromatic carbocycles. The number of nitrogens with one attached hydrogen (secondary N) is 3. The maximum atomic E-state index is 12.1. The van der Waals surface area contributed by atoms with Crippen molar-refractivity contribution in [2.45, 2.75) is 24.8 Å². The lowest BCUT2D eigenvalue weighted by Crippen LogP contribution is -2.44. The number of hydrazine groups is 1. The fourth-order valence-corrected chi connectivity index (χ4v) is 2.71. The number of carbonyl (C=O) groups excluding carboxylic acids is 1. The number of amides is 1. The van der Waals surface area contributed by atoms with Gasteiger partial charge in [0.2, 0.25) is 15.9 Å². The molecule has 106 valence electrons. The largest absolute Gasteiger partial charge is 0.355 e. The van der Waals surface area contributed by atoms with E-state index >= 15 is 0 Å². The van der Waals surface area contributed by atoms with Crippen molar-refractivity contribution in [3.05, 3.63) is 18.5 Å². The second-order valence-electron chi connectivity index (χ2n) is 3.75. The van der Waals surface area contributed by atoms with Gasteiger partial charge in [0.25, 0.3) is 0 Å². The molecule has 8 nitrogen and oxygen atoms in total. The van der Waals surface area contributed by atoms with E-state index in [0.29, 0.717) is 6.54 Å². The number of sulfonamides is 1. The lowest BCUT2D eigenvalue weighted by Gasteiger charge is -2.15. The number of anilines is 1. The number of likely N-dealkylation sites (N-methyl/N-ethyl adjacent to an activating group) is 1. The molecule has 1 amide bonds. The summed E-state index contributed by atoms with van der Waals surface area (Å²) in [5.41, 5.74) is 2.47. The van der Waals surface area contributed by atoms with Crippen LogP contribution in [0.1, 0.15) is 13.8 Å². The van der Waals surface area contributed by atoms with Gasteiger partial charge in [-0.2, -0.15) is 4.72 Å². The van der Waals surface area contributed by atoms with Crippen LogP contribution in [-0.2, 0) is 14.8 Å². The summed E-state index contributed by atoms with van der Waals surface area (Å²) in [6, 6.07) is 0.529. The molecule has 9 heteroatoms. The lowest BCUT2D eigenvalue weighted by atomic mass is 10.3. The lowest BCUT2D eigenvalue weighted by molar-refractivity contribution is -0.122. The van der Waals surface area contributed by atoms with Crippen molar-refractivity contribution in [3.8, 4) is 0 Å². The molecular weight excluding hydrogens is 270 g/mol. The Morgan fingerprint density at radius 1 is 1.53 bits per heavy atom. The minimum absolute atomic E-state index is 0.117. The first-order chi connectivity index (χ1) is 8.92. The highest BCUT2D eigenvalue weighted by Crippen LogP contribution is 2.18. The van der Waals surface area contributed by atoms with Crippen LogP contribution >= 0.6 is 0 Å². The van der Waals surface area contributed by atoms with E-state index in [1.54, 1.807) is 6.92 Å².